The van der Waals surface area contributed by atoms with E-state index in [0.717, 1.165) is 15.8 Å². The normalized spacial score (nSPS) is 12.0. The molecule has 9 heteroatoms. The van der Waals surface area contributed by atoms with E-state index in [1.165, 1.54) is 12.3 Å². The number of nitrogens with one attached hydrogen (secondary N) is 1. The van der Waals surface area contributed by atoms with Crippen molar-refractivity contribution in [2.24, 2.45) is 0 Å². The number of rotatable bonds is 6. The number of nitrogens with zero attached hydrogens (tertiary/aromatic N) is 4. The fourth-order valence-corrected chi connectivity index (χ4v) is 3.10. The van der Waals surface area contributed by atoms with Gasteiger partial charge in [-0.1, -0.05) is 29.8 Å². The summed E-state index contributed by atoms with van der Waals surface area (Å²) in [6, 6.07) is 8.63. The summed E-state index contributed by atoms with van der Waals surface area (Å²) in [5, 5.41) is 20.2. The molecule has 140 valence electrons. The van der Waals surface area contributed by atoms with Crippen molar-refractivity contribution < 1.29 is 14.7 Å². The zero-order valence-electron chi connectivity index (χ0n) is 14.8. The number of amides is 1. The first-order chi connectivity index (χ1) is 12.8. The van der Waals surface area contributed by atoms with Crippen LogP contribution >= 0.6 is 15.9 Å². The molecule has 0 fully saturated rings. The number of carbonyl (C=O) groups excluding carboxylic acids is 1. The van der Waals surface area contributed by atoms with Crippen LogP contribution in [0.25, 0.3) is 0 Å². The van der Waals surface area contributed by atoms with Gasteiger partial charge in [-0.15, -0.1) is 0 Å². The van der Waals surface area contributed by atoms with Crippen LogP contribution in [0.1, 0.15) is 34.6 Å². The zero-order chi connectivity index (χ0) is 19.6. The quantitative estimate of drug-likeness (QED) is 0.624. The molecule has 0 aliphatic heterocycles. The third-order valence-corrected chi connectivity index (χ3v) is 4.60. The molecule has 2 aromatic heterocycles. The first kappa shape index (κ1) is 18.8. The third-order valence-electron chi connectivity index (χ3n) is 4.02. The predicted octanol–water partition coefficient (Wildman–Crippen LogP) is 3.10. The van der Waals surface area contributed by atoms with Gasteiger partial charge in [0.1, 0.15) is 11.7 Å². The van der Waals surface area contributed by atoms with Crippen molar-refractivity contribution in [3.8, 4) is 0 Å². The van der Waals surface area contributed by atoms with E-state index in [1.54, 1.807) is 17.8 Å². The molecule has 1 aromatic carbocycles. The summed E-state index contributed by atoms with van der Waals surface area (Å²) in [4.78, 5) is 23.7. The number of hydrogen-bond acceptors (Lipinski definition) is 4. The lowest BCUT2D eigenvalue weighted by Crippen LogP contribution is -2.27. The molecule has 0 aliphatic rings. The van der Waals surface area contributed by atoms with Crippen molar-refractivity contribution in [3.63, 3.8) is 0 Å². The van der Waals surface area contributed by atoms with E-state index >= 15 is 0 Å². The molecule has 2 heterocycles. The number of aromatic carboxylic acids is 1. The maximum atomic E-state index is 12.5. The highest BCUT2D eigenvalue weighted by Crippen LogP contribution is 2.22. The van der Waals surface area contributed by atoms with Crippen molar-refractivity contribution >= 4 is 33.6 Å². The van der Waals surface area contributed by atoms with Gasteiger partial charge in [0.2, 0.25) is 5.91 Å². The van der Waals surface area contributed by atoms with E-state index in [1.807, 2.05) is 25.1 Å². The van der Waals surface area contributed by atoms with Crippen LogP contribution in [-0.2, 0) is 11.3 Å². The van der Waals surface area contributed by atoms with Gasteiger partial charge in [0.05, 0.1) is 11.0 Å². The number of aryl methyl sites for hydroxylation is 1. The van der Waals surface area contributed by atoms with Crippen molar-refractivity contribution in [2.45, 2.75) is 26.4 Å². The number of carboxylic acid groups (broad SMARTS) is 1. The summed E-state index contributed by atoms with van der Waals surface area (Å²) >= 11 is 3.39. The van der Waals surface area contributed by atoms with E-state index in [0.29, 0.717) is 16.8 Å². The first-order valence-corrected chi connectivity index (χ1v) is 9.00. The van der Waals surface area contributed by atoms with Gasteiger partial charge in [0, 0.05) is 12.4 Å². The Morgan fingerprint density at radius 2 is 2.11 bits per heavy atom. The molecule has 0 saturated heterocycles. The Morgan fingerprint density at radius 3 is 2.81 bits per heavy atom. The first-order valence-electron chi connectivity index (χ1n) is 8.21. The Labute approximate surface area is 163 Å². The Kier molecular flexibility index (Phi) is 5.41. The second-order valence-corrected chi connectivity index (χ2v) is 7.00. The zero-order valence-corrected chi connectivity index (χ0v) is 16.3. The molecule has 1 amide bonds. The van der Waals surface area contributed by atoms with Crippen LogP contribution in [0.4, 0.5) is 5.82 Å². The topological polar surface area (TPSA) is 102 Å². The van der Waals surface area contributed by atoms with Gasteiger partial charge in [0.25, 0.3) is 0 Å². The summed E-state index contributed by atoms with van der Waals surface area (Å²) < 4.78 is 3.51. The number of hydrogen-bond donors (Lipinski definition) is 2. The van der Waals surface area contributed by atoms with Crippen LogP contribution < -0.4 is 5.32 Å². The number of anilines is 1. The van der Waals surface area contributed by atoms with E-state index in [2.05, 4.69) is 37.5 Å². The molecule has 0 saturated carbocycles. The third kappa shape index (κ3) is 4.25. The molecular weight excluding hydrogens is 414 g/mol. The lowest BCUT2D eigenvalue weighted by atomic mass is 10.1. The maximum Gasteiger partial charge on any atom is 0.354 e. The van der Waals surface area contributed by atoms with Crippen LogP contribution in [0.5, 0.6) is 0 Å². The average Bonchev–Trinajstić information content (AvgIpc) is 3.21. The van der Waals surface area contributed by atoms with Crippen LogP contribution in [0.2, 0.25) is 0 Å². The maximum absolute atomic E-state index is 12.5. The number of carboxylic acids is 1. The summed E-state index contributed by atoms with van der Waals surface area (Å²) in [5.74, 6) is -1.19. The van der Waals surface area contributed by atoms with Gasteiger partial charge in [-0.25, -0.2) is 9.48 Å². The summed E-state index contributed by atoms with van der Waals surface area (Å²) in [7, 11) is 0. The van der Waals surface area contributed by atoms with E-state index in [9.17, 15) is 9.59 Å². The summed E-state index contributed by atoms with van der Waals surface area (Å²) in [6.07, 6.45) is 3.12. The van der Waals surface area contributed by atoms with Crippen molar-refractivity contribution in [1.29, 1.82) is 0 Å². The number of aromatic nitrogens is 4. The Bertz CT molecular complexity index is 995. The predicted molar refractivity (Wildman–Crippen MR) is 103 cm³/mol. The van der Waals surface area contributed by atoms with Gasteiger partial charge in [-0.05, 0) is 41.4 Å². The number of benzene rings is 1. The van der Waals surface area contributed by atoms with Gasteiger partial charge < -0.3 is 10.4 Å². The Balaban J connectivity index is 1.73. The highest BCUT2D eigenvalue weighted by molar-refractivity contribution is 9.10. The molecule has 1 unspecified atom stereocenters. The van der Waals surface area contributed by atoms with Crippen LogP contribution in [0, 0.1) is 6.92 Å². The molecular formula is C18H18BrN5O3. The monoisotopic (exact) mass is 431 g/mol. The highest BCUT2D eigenvalue weighted by Gasteiger charge is 2.22. The van der Waals surface area contributed by atoms with Crippen LogP contribution in [0.15, 0.2) is 47.2 Å². The molecule has 1 atom stereocenters. The van der Waals surface area contributed by atoms with E-state index < -0.39 is 17.9 Å². The molecule has 8 nitrogen and oxygen atoms in total. The van der Waals surface area contributed by atoms with Gasteiger partial charge >= 0.3 is 5.97 Å². The molecule has 2 N–H and O–H groups in total. The summed E-state index contributed by atoms with van der Waals surface area (Å²) in [6.45, 7) is 4.16. The highest BCUT2D eigenvalue weighted by atomic mass is 79.9. The minimum Gasteiger partial charge on any atom is -0.477 e. The Hall–Kier alpha value is -2.94. The minimum absolute atomic E-state index is 0.0540. The fourth-order valence-electron chi connectivity index (χ4n) is 2.68. The molecule has 0 aliphatic carbocycles. The van der Waals surface area contributed by atoms with Gasteiger partial charge in [0.15, 0.2) is 5.82 Å². The van der Waals surface area contributed by atoms with Gasteiger partial charge in [-0.3, -0.25) is 9.48 Å². The second-order valence-electron chi connectivity index (χ2n) is 6.14. The lowest BCUT2D eigenvalue weighted by molar-refractivity contribution is -0.119. The molecule has 0 radical (unpaired) electrons. The standard InChI is InChI=1S/C18H18BrN5O3/c1-11-4-3-5-13(8-11)9-23-10-14(19)16(22-23)21-17(25)12(2)24-15(18(26)27)6-7-20-24/h3-8,10,12H,9H2,1-2H3,(H,26,27)(H,21,22,25). The fraction of sp³-hybridized carbons (Fsp3) is 0.222. The van der Waals surface area contributed by atoms with Crippen molar-refractivity contribution in [1.82, 2.24) is 19.6 Å². The van der Waals surface area contributed by atoms with E-state index in [-0.39, 0.29) is 5.69 Å². The Morgan fingerprint density at radius 1 is 1.33 bits per heavy atom. The van der Waals surface area contributed by atoms with Crippen LogP contribution in [-0.4, -0.2) is 36.5 Å². The SMILES string of the molecule is Cc1cccc(Cn2cc(Br)c(NC(=O)C(C)n3nccc3C(=O)O)n2)c1. The average molecular weight is 432 g/mol. The smallest absolute Gasteiger partial charge is 0.354 e. The molecule has 0 bridgehead atoms. The van der Waals surface area contributed by atoms with Crippen molar-refractivity contribution in [2.75, 3.05) is 5.32 Å². The van der Waals surface area contributed by atoms with E-state index in [4.69, 9.17) is 5.11 Å². The largest absolute Gasteiger partial charge is 0.477 e. The number of carbonyl (C=O) groups is 2. The number of halogens is 1. The molecule has 3 aromatic rings. The lowest BCUT2D eigenvalue weighted by Gasteiger charge is -2.13. The molecule has 27 heavy (non-hydrogen) atoms. The van der Waals surface area contributed by atoms with Crippen molar-refractivity contribution in [3.05, 3.63) is 64.0 Å². The second kappa shape index (κ2) is 7.75. The minimum atomic E-state index is -1.14. The van der Waals surface area contributed by atoms with Crippen LogP contribution in [0.3, 0.4) is 0 Å². The molecule has 3 rings (SSSR count). The van der Waals surface area contributed by atoms with Gasteiger partial charge in [-0.2, -0.15) is 10.2 Å². The molecule has 0 spiro atoms. The summed E-state index contributed by atoms with van der Waals surface area (Å²) in [5.41, 5.74) is 2.20.